The number of hydrogen-bond acceptors (Lipinski definition) is 5. The van der Waals surface area contributed by atoms with Crippen LogP contribution < -0.4 is 9.77 Å². The van der Waals surface area contributed by atoms with Gasteiger partial charge in [0.25, 0.3) is 0 Å². The highest BCUT2D eigenvalue weighted by atomic mass is 32.2. The fourth-order valence-electron chi connectivity index (χ4n) is 7.25. The lowest BCUT2D eigenvalue weighted by molar-refractivity contribution is -0.123. The molecular formula is C27H24N2O3S2. The van der Waals surface area contributed by atoms with Crippen LogP contribution in [0.3, 0.4) is 0 Å². The molecule has 7 rings (SSSR count). The minimum absolute atomic E-state index is 0.0266. The van der Waals surface area contributed by atoms with Crippen molar-refractivity contribution in [2.75, 3.05) is 4.90 Å². The van der Waals surface area contributed by atoms with E-state index in [1.165, 1.54) is 27.4 Å². The number of thioether (sulfide) groups is 1. The van der Waals surface area contributed by atoms with Crippen LogP contribution in [0.1, 0.15) is 33.9 Å². The van der Waals surface area contributed by atoms with Crippen molar-refractivity contribution >= 4 is 40.6 Å². The molecular weight excluding hydrogens is 464 g/mol. The Morgan fingerprint density at radius 1 is 0.912 bits per heavy atom. The molecule has 2 aliphatic heterocycles. The third kappa shape index (κ3) is 2.65. The Bertz CT molecular complexity index is 1410. The molecule has 1 aromatic heterocycles. The van der Waals surface area contributed by atoms with Crippen LogP contribution in [0.15, 0.2) is 58.4 Å². The van der Waals surface area contributed by atoms with Gasteiger partial charge in [-0.25, -0.2) is 0 Å². The van der Waals surface area contributed by atoms with Crippen molar-refractivity contribution in [2.45, 2.75) is 36.5 Å². The standard InChI is InChI=1S/C27H24N2O3S2/c1-12-7-9-14(10-8-12)29-25(30)20-16-11-17(21(20)26(29)31)22-19(16)18(15-6-4-3-5-13(15)2)23-24(33-22)28-27(32)34-23/h3-10,16-22H,11H2,1-2H3,(H,28,32)/t16-,17-,18-,19+,20+,21-,22-/m1/s1. The third-order valence-corrected chi connectivity index (χ3v) is 11.1. The van der Waals surface area contributed by atoms with E-state index in [2.05, 4.69) is 30.1 Å². The second kappa shape index (κ2) is 7.18. The first kappa shape index (κ1) is 20.7. The smallest absolute Gasteiger partial charge is 0.305 e. The number of imide groups is 1. The Balaban J connectivity index is 1.34. The van der Waals surface area contributed by atoms with E-state index in [0.29, 0.717) is 5.69 Å². The minimum Gasteiger partial charge on any atom is -0.307 e. The van der Waals surface area contributed by atoms with E-state index in [4.69, 9.17) is 0 Å². The highest BCUT2D eigenvalue weighted by Gasteiger charge is 2.69. The van der Waals surface area contributed by atoms with E-state index in [0.717, 1.165) is 21.9 Å². The van der Waals surface area contributed by atoms with Gasteiger partial charge in [-0.1, -0.05) is 53.3 Å². The Morgan fingerprint density at radius 3 is 2.35 bits per heavy atom. The Morgan fingerprint density at radius 2 is 1.62 bits per heavy atom. The molecule has 1 saturated heterocycles. The maximum Gasteiger partial charge on any atom is 0.305 e. The predicted molar refractivity (Wildman–Crippen MR) is 133 cm³/mol. The number of carbonyl (C=O) groups is 2. The van der Waals surface area contributed by atoms with E-state index in [1.807, 2.05) is 37.3 Å². The van der Waals surface area contributed by atoms with Crippen molar-refractivity contribution in [2.24, 2.45) is 29.6 Å². The molecule has 1 N–H and O–H groups in total. The number of nitrogens with one attached hydrogen (secondary N) is 1. The molecule has 3 aromatic rings. The lowest BCUT2D eigenvalue weighted by Gasteiger charge is -2.43. The van der Waals surface area contributed by atoms with E-state index in [1.54, 1.807) is 11.8 Å². The molecule has 34 heavy (non-hydrogen) atoms. The number of thiazole rings is 1. The molecule has 3 fully saturated rings. The summed E-state index contributed by atoms with van der Waals surface area (Å²) in [4.78, 5) is 45.4. The van der Waals surface area contributed by atoms with Crippen LogP contribution in [-0.4, -0.2) is 22.0 Å². The topological polar surface area (TPSA) is 70.2 Å². The predicted octanol–water partition coefficient (Wildman–Crippen LogP) is 4.73. The summed E-state index contributed by atoms with van der Waals surface area (Å²) in [5.74, 6) is 0.0363. The summed E-state index contributed by atoms with van der Waals surface area (Å²) >= 11 is 3.05. The van der Waals surface area contributed by atoms with E-state index >= 15 is 0 Å². The van der Waals surface area contributed by atoms with Gasteiger partial charge in [-0.2, -0.15) is 0 Å². The molecule has 0 spiro atoms. The summed E-state index contributed by atoms with van der Waals surface area (Å²) in [6.07, 6.45) is 0.915. The zero-order chi connectivity index (χ0) is 23.3. The van der Waals surface area contributed by atoms with Crippen LogP contribution in [0.4, 0.5) is 5.69 Å². The van der Waals surface area contributed by atoms with Gasteiger partial charge in [-0.15, -0.1) is 11.8 Å². The SMILES string of the molecule is Cc1ccc(N2C(=O)[C@@H]3[C@H]4C[C@@H]([C@@H]3C2=O)[C@H]2[C@@H](c3ccccc3C)c3sc(=O)[nH]c3S[C@H]42)cc1. The number of benzene rings is 2. The molecule has 7 atom stereocenters. The molecule has 5 nitrogen and oxygen atoms in total. The largest absolute Gasteiger partial charge is 0.307 e. The van der Waals surface area contributed by atoms with Gasteiger partial charge in [0, 0.05) is 16.0 Å². The minimum atomic E-state index is -0.260. The molecule has 2 aliphatic carbocycles. The van der Waals surface area contributed by atoms with Gasteiger partial charge in [0.1, 0.15) is 0 Å². The Kier molecular flexibility index (Phi) is 4.38. The first-order chi connectivity index (χ1) is 16.4. The molecule has 172 valence electrons. The van der Waals surface area contributed by atoms with Gasteiger partial charge in [0.05, 0.1) is 22.5 Å². The first-order valence-electron chi connectivity index (χ1n) is 11.8. The normalized spacial score (nSPS) is 33.2. The van der Waals surface area contributed by atoms with Gasteiger partial charge in [0.15, 0.2) is 0 Å². The van der Waals surface area contributed by atoms with E-state index in [9.17, 15) is 14.4 Å². The summed E-state index contributed by atoms with van der Waals surface area (Å²) in [6.45, 7) is 4.13. The number of nitrogens with zero attached hydrogens (tertiary/aromatic N) is 1. The fourth-order valence-corrected chi connectivity index (χ4v) is 10.1. The fraction of sp³-hybridized carbons (Fsp3) is 0.370. The zero-order valence-electron chi connectivity index (χ0n) is 18.9. The molecule has 2 aromatic carbocycles. The molecule has 3 heterocycles. The number of fused-ring (bicyclic) bond motifs is 9. The van der Waals surface area contributed by atoms with Crippen LogP contribution in [0, 0.1) is 43.4 Å². The zero-order valence-corrected chi connectivity index (χ0v) is 20.5. The number of aromatic amines is 1. The average Bonchev–Trinajstić information content (AvgIpc) is 3.54. The van der Waals surface area contributed by atoms with E-state index in [-0.39, 0.29) is 57.4 Å². The van der Waals surface area contributed by atoms with Crippen molar-refractivity contribution < 1.29 is 9.59 Å². The molecule has 2 saturated carbocycles. The number of carbonyl (C=O) groups excluding carboxylic acids is 2. The molecule has 0 unspecified atom stereocenters. The number of hydrogen-bond donors (Lipinski definition) is 1. The Hall–Kier alpha value is -2.64. The average molecular weight is 489 g/mol. The van der Waals surface area contributed by atoms with Gasteiger partial charge in [-0.3, -0.25) is 19.3 Å². The molecule has 0 radical (unpaired) electrons. The summed E-state index contributed by atoms with van der Waals surface area (Å²) < 4.78 is 0. The van der Waals surface area contributed by atoms with Crippen molar-refractivity contribution in [3.8, 4) is 0 Å². The first-order valence-corrected chi connectivity index (χ1v) is 13.5. The number of anilines is 1. The van der Waals surface area contributed by atoms with Crippen LogP contribution >= 0.6 is 23.1 Å². The van der Waals surface area contributed by atoms with Crippen molar-refractivity contribution in [1.82, 2.24) is 4.98 Å². The summed E-state index contributed by atoms with van der Waals surface area (Å²) in [6, 6.07) is 16.1. The second-order valence-electron chi connectivity index (χ2n) is 10.2. The van der Waals surface area contributed by atoms with Crippen LogP contribution in [0.25, 0.3) is 0 Å². The van der Waals surface area contributed by atoms with Gasteiger partial charge < -0.3 is 4.98 Å². The molecule has 7 heteroatoms. The number of rotatable bonds is 2. The quantitative estimate of drug-likeness (QED) is 0.530. The third-order valence-electron chi connectivity index (χ3n) is 8.54. The number of amides is 2. The molecule has 2 bridgehead atoms. The lowest BCUT2D eigenvalue weighted by Crippen LogP contribution is -2.42. The second-order valence-corrected chi connectivity index (χ2v) is 12.4. The van der Waals surface area contributed by atoms with Crippen LogP contribution in [0.2, 0.25) is 0 Å². The molecule has 4 aliphatic rings. The molecule has 2 amide bonds. The van der Waals surface area contributed by atoms with Crippen molar-refractivity contribution in [1.29, 1.82) is 0 Å². The number of H-pyrrole nitrogens is 1. The van der Waals surface area contributed by atoms with Gasteiger partial charge in [0.2, 0.25) is 11.8 Å². The summed E-state index contributed by atoms with van der Waals surface area (Å²) in [5.41, 5.74) is 4.24. The van der Waals surface area contributed by atoms with Crippen molar-refractivity contribution in [3.05, 3.63) is 79.8 Å². The van der Waals surface area contributed by atoms with Gasteiger partial charge >= 0.3 is 4.87 Å². The van der Waals surface area contributed by atoms with Crippen LogP contribution in [-0.2, 0) is 9.59 Å². The Labute approximate surface area is 205 Å². The maximum atomic E-state index is 13.8. The van der Waals surface area contributed by atoms with Gasteiger partial charge in [-0.05, 0) is 61.3 Å². The van der Waals surface area contributed by atoms with E-state index < -0.39 is 0 Å². The number of aryl methyl sites for hydroxylation is 2. The lowest BCUT2D eigenvalue weighted by atomic mass is 9.67. The monoisotopic (exact) mass is 488 g/mol. The summed E-state index contributed by atoms with van der Waals surface area (Å²) in [7, 11) is 0. The summed E-state index contributed by atoms with van der Waals surface area (Å²) in [5, 5.41) is 1.18. The van der Waals surface area contributed by atoms with Crippen LogP contribution in [0.5, 0.6) is 0 Å². The van der Waals surface area contributed by atoms with Crippen molar-refractivity contribution in [3.63, 3.8) is 0 Å². The number of aromatic nitrogens is 1. The highest BCUT2D eigenvalue weighted by molar-refractivity contribution is 8.00. The highest BCUT2D eigenvalue weighted by Crippen LogP contribution is 2.68. The maximum absolute atomic E-state index is 13.8.